The first-order valence-electron chi connectivity index (χ1n) is 4.90. The highest BCUT2D eigenvalue weighted by molar-refractivity contribution is 5.94. The Hall–Kier alpha value is -1.35. The number of hydrogen-bond acceptors (Lipinski definition) is 2. The summed E-state index contributed by atoms with van der Waals surface area (Å²) in [6, 6.07) is 7.91. The first-order valence-corrected chi connectivity index (χ1v) is 4.90. The Morgan fingerprint density at radius 1 is 1.43 bits per heavy atom. The molecule has 0 aromatic heterocycles. The lowest BCUT2D eigenvalue weighted by Crippen LogP contribution is -2.27. The summed E-state index contributed by atoms with van der Waals surface area (Å²) in [5.74, 6) is 0.0137. The number of fused-ring (bicyclic) bond motifs is 1. The number of nitrogens with two attached hydrogens (primary N) is 1. The van der Waals surface area contributed by atoms with Crippen LogP contribution < -0.4 is 11.1 Å². The smallest absolute Gasteiger partial charge is 0.228 e. The van der Waals surface area contributed by atoms with Crippen LogP contribution >= 0.6 is 0 Å². The van der Waals surface area contributed by atoms with E-state index in [0.717, 1.165) is 18.5 Å². The van der Waals surface area contributed by atoms with Gasteiger partial charge in [0.2, 0.25) is 5.91 Å². The molecule has 0 saturated carbocycles. The van der Waals surface area contributed by atoms with Crippen LogP contribution in [0.15, 0.2) is 24.3 Å². The number of hydrogen-bond donors (Lipinski definition) is 2. The number of amides is 1. The van der Waals surface area contributed by atoms with Crippen molar-refractivity contribution in [3.8, 4) is 0 Å². The Balaban J connectivity index is 2.28. The molecule has 1 aliphatic heterocycles. The highest BCUT2D eigenvalue weighted by Crippen LogP contribution is 2.23. The molecular formula is C11H14N2O. The Bertz CT molecular complexity index is 349. The SMILES string of the molecule is NCC1CCc2ccccc2NC1=O. The molecule has 3 N–H and O–H groups in total. The van der Waals surface area contributed by atoms with Crippen LogP contribution in [0.4, 0.5) is 5.69 Å². The summed E-state index contributed by atoms with van der Waals surface area (Å²) in [4.78, 5) is 11.6. The molecule has 1 amide bonds. The molecule has 0 bridgehead atoms. The lowest BCUT2D eigenvalue weighted by molar-refractivity contribution is -0.119. The van der Waals surface area contributed by atoms with Crippen molar-refractivity contribution in [1.29, 1.82) is 0 Å². The molecule has 74 valence electrons. The lowest BCUT2D eigenvalue weighted by atomic mass is 10.0. The van der Waals surface area contributed by atoms with E-state index in [1.54, 1.807) is 0 Å². The number of benzene rings is 1. The molecular weight excluding hydrogens is 176 g/mol. The molecule has 14 heavy (non-hydrogen) atoms. The third-order valence-corrected chi connectivity index (χ3v) is 2.69. The molecule has 1 aromatic carbocycles. The van der Waals surface area contributed by atoms with E-state index in [1.807, 2.05) is 18.2 Å². The van der Waals surface area contributed by atoms with Crippen molar-refractivity contribution in [2.24, 2.45) is 11.7 Å². The van der Waals surface area contributed by atoms with Crippen LogP contribution in [0.5, 0.6) is 0 Å². The maximum atomic E-state index is 11.6. The van der Waals surface area contributed by atoms with Crippen molar-refractivity contribution in [3.05, 3.63) is 29.8 Å². The predicted molar refractivity (Wildman–Crippen MR) is 55.9 cm³/mol. The quantitative estimate of drug-likeness (QED) is 0.698. The molecule has 1 atom stereocenters. The van der Waals surface area contributed by atoms with Crippen LogP contribution in [0, 0.1) is 5.92 Å². The summed E-state index contributed by atoms with van der Waals surface area (Å²) in [6.45, 7) is 0.430. The minimum absolute atomic E-state index is 0.0394. The van der Waals surface area contributed by atoms with E-state index in [0.29, 0.717) is 6.54 Å². The second kappa shape index (κ2) is 3.80. The van der Waals surface area contributed by atoms with Crippen LogP contribution in [-0.2, 0) is 11.2 Å². The molecule has 0 aliphatic carbocycles. The van der Waals surface area contributed by atoms with Crippen molar-refractivity contribution in [2.45, 2.75) is 12.8 Å². The first-order chi connectivity index (χ1) is 6.81. The number of rotatable bonds is 1. The van der Waals surface area contributed by atoms with Gasteiger partial charge in [0, 0.05) is 12.2 Å². The second-order valence-electron chi connectivity index (χ2n) is 3.62. The number of aryl methyl sites for hydroxylation is 1. The summed E-state index contributed by atoms with van der Waals surface area (Å²) in [5.41, 5.74) is 7.68. The van der Waals surface area contributed by atoms with Gasteiger partial charge in [0.1, 0.15) is 0 Å². The molecule has 2 rings (SSSR count). The molecule has 1 aromatic rings. The van der Waals surface area contributed by atoms with Gasteiger partial charge in [0.25, 0.3) is 0 Å². The molecule has 0 fully saturated rings. The second-order valence-corrected chi connectivity index (χ2v) is 3.62. The van der Waals surface area contributed by atoms with Crippen LogP contribution in [0.1, 0.15) is 12.0 Å². The van der Waals surface area contributed by atoms with Gasteiger partial charge in [-0.05, 0) is 24.5 Å². The number of carbonyl (C=O) groups is 1. The zero-order valence-electron chi connectivity index (χ0n) is 7.99. The van der Waals surface area contributed by atoms with E-state index in [1.165, 1.54) is 5.56 Å². The normalized spacial score (nSPS) is 20.9. The number of nitrogens with one attached hydrogen (secondary N) is 1. The van der Waals surface area contributed by atoms with E-state index in [4.69, 9.17) is 5.73 Å². The van der Waals surface area contributed by atoms with Gasteiger partial charge in [-0.3, -0.25) is 4.79 Å². The molecule has 0 saturated heterocycles. The van der Waals surface area contributed by atoms with Gasteiger partial charge in [-0.2, -0.15) is 0 Å². The van der Waals surface area contributed by atoms with Crippen LogP contribution in [0.25, 0.3) is 0 Å². The molecule has 3 nitrogen and oxygen atoms in total. The zero-order chi connectivity index (χ0) is 9.97. The van der Waals surface area contributed by atoms with Crippen LogP contribution in [0.2, 0.25) is 0 Å². The highest BCUT2D eigenvalue weighted by Gasteiger charge is 2.21. The maximum Gasteiger partial charge on any atom is 0.228 e. The van der Waals surface area contributed by atoms with Crippen molar-refractivity contribution in [1.82, 2.24) is 0 Å². The minimum atomic E-state index is -0.0394. The van der Waals surface area contributed by atoms with Crippen molar-refractivity contribution >= 4 is 11.6 Å². The molecule has 0 radical (unpaired) electrons. The number of para-hydroxylation sites is 1. The molecule has 0 spiro atoms. The standard InChI is InChI=1S/C11H14N2O/c12-7-9-6-5-8-3-1-2-4-10(8)13-11(9)14/h1-4,9H,5-7,12H2,(H,13,14). The van der Waals surface area contributed by atoms with Crippen molar-refractivity contribution in [2.75, 3.05) is 11.9 Å². The highest BCUT2D eigenvalue weighted by atomic mass is 16.1. The lowest BCUT2D eigenvalue weighted by Gasteiger charge is -2.09. The number of anilines is 1. The summed E-state index contributed by atoms with van der Waals surface area (Å²) in [5, 5.41) is 2.90. The average molecular weight is 190 g/mol. The van der Waals surface area contributed by atoms with Gasteiger partial charge < -0.3 is 11.1 Å². The maximum absolute atomic E-state index is 11.6. The topological polar surface area (TPSA) is 55.1 Å². The van der Waals surface area contributed by atoms with E-state index in [2.05, 4.69) is 11.4 Å². The Morgan fingerprint density at radius 2 is 2.21 bits per heavy atom. The summed E-state index contributed by atoms with van der Waals surface area (Å²) < 4.78 is 0. The summed E-state index contributed by atoms with van der Waals surface area (Å²) >= 11 is 0. The minimum Gasteiger partial charge on any atom is -0.330 e. The van der Waals surface area contributed by atoms with Crippen molar-refractivity contribution in [3.63, 3.8) is 0 Å². The fraction of sp³-hybridized carbons (Fsp3) is 0.364. The van der Waals surface area contributed by atoms with Gasteiger partial charge in [-0.25, -0.2) is 0 Å². The average Bonchev–Trinajstić information content (AvgIpc) is 2.36. The Labute approximate surface area is 83.3 Å². The summed E-state index contributed by atoms with van der Waals surface area (Å²) in [6.07, 6.45) is 1.77. The van der Waals surface area contributed by atoms with Crippen LogP contribution in [-0.4, -0.2) is 12.5 Å². The molecule has 3 heteroatoms. The molecule has 1 aliphatic rings. The van der Waals surface area contributed by atoms with Gasteiger partial charge >= 0.3 is 0 Å². The number of carbonyl (C=O) groups excluding carboxylic acids is 1. The van der Waals surface area contributed by atoms with E-state index in [-0.39, 0.29) is 11.8 Å². The Morgan fingerprint density at radius 3 is 3.00 bits per heavy atom. The van der Waals surface area contributed by atoms with Crippen LogP contribution in [0.3, 0.4) is 0 Å². The first kappa shape index (κ1) is 9.21. The summed E-state index contributed by atoms with van der Waals surface area (Å²) in [7, 11) is 0. The monoisotopic (exact) mass is 190 g/mol. The Kier molecular flexibility index (Phi) is 2.50. The van der Waals surface area contributed by atoms with Gasteiger partial charge in [-0.1, -0.05) is 18.2 Å². The molecule has 1 heterocycles. The third-order valence-electron chi connectivity index (χ3n) is 2.69. The van der Waals surface area contributed by atoms with Crippen molar-refractivity contribution < 1.29 is 4.79 Å². The third kappa shape index (κ3) is 1.63. The van der Waals surface area contributed by atoms with Gasteiger partial charge in [0.15, 0.2) is 0 Å². The molecule has 1 unspecified atom stereocenters. The fourth-order valence-corrected chi connectivity index (χ4v) is 1.78. The van der Waals surface area contributed by atoms with Gasteiger partial charge in [0.05, 0.1) is 5.92 Å². The fourth-order valence-electron chi connectivity index (χ4n) is 1.78. The van der Waals surface area contributed by atoms with E-state index < -0.39 is 0 Å². The largest absolute Gasteiger partial charge is 0.330 e. The van der Waals surface area contributed by atoms with E-state index in [9.17, 15) is 4.79 Å². The zero-order valence-corrected chi connectivity index (χ0v) is 7.99. The van der Waals surface area contributed by atoms with Gasteiger partial charge in [-0.15, -0.1) is 0 Å². The predicted octanol–water partition coefficient (Wildman–Crippen LogP) is 1.15. The van der Waals surface area contributed by atoms with E-state index >= 15 is 0 Å².